The normalized spacial score (nSPS) is 12.0. The van der Waals surface area contributed by atoms with Gasteiger partial charge in [-0.1, -0.05) is 12.1 Å². The number of aryl methyl sites for hydroxylation is 1. The minimum atomic E-state index is -3.98. The summed E-state index contributed by atoms with van der Waals surface area (Å²) in [5.74, 6) is 0. The zero-order valence-corrected chi connectivity index (χ0v) is 17.3. The summed E-state index contributed by atoms with van der Waals surface area (Å²) in [6, 6.07) is 12.0. The van der Waals surface area contributed by atoms with Crippen LogP contribution >= 0.6 is 0 Å². The highest BCUT2D eigenvalue weighted by atomic mass is 32.2. The van der Waals surface area contributed by atoms with Crippen molar-refractivity contribution in [2.24, 2.45) is 5.14 Å². The van der Waals surface area contributed by atoms with E-state index in [-0.39, 0.29) is 9.79 Å². The number of hydrogen-bond donors (Lipinski definition) is 2. The molecule has 0 saturated carbocycles. The number of sulfonamides is 1. The maximum Gasteiger partial charge on any atom is 0.238 e. The quantitative estimate of drug-likeness (QED) is 0.687. The topological polar surface area (TPSA) is 110 Å². The van der Waals surface area contributed by atoms with Gasteiger partial charge in [0.2, 0.25) is 10.0 Å². The van der Waals surface area contributed by atoms with Crippen molar-refractivity contribution in [1.82, 2.24) is 0 Å². The highest BCUT2D eigenvalue weighted by Gasteiger charge is 2.18. The molecule has 0 saturated heterocycles. The van der Waals surface area contributed by atoms with Crippen LogP contribution < -0.4 is 15.4 Å². The Morgan fingerprint density at radius 1 is 1.07 bits per heavy atom. The third kappa shape index (κ3) is 5.69. The van der Waals surface area contributed by atoms with Gasteiger partial charge >= 0.3 is 0 Å². The van der Waals surface area contributed by atoms with Crippen LogP contribution in [0.15, 0.2) is 52.3 Å². The third-order valence-electron chi connectivity index (χ3n) is 4.13. The molecule has 148 valence electrons. The van der Waals surface area contributed by atoms with E-state index in [2.05, 4.69) is 16.3 Å². The highest BCUT2D eigenvalue weighted by Crippen LogP contribution is 2.24. The van der Waals surface area contributed by atoms with E-state index in [1.54, 1.807) is 0 Å². The largest absolute Gasteiger partial charge is 0.382 e. The summed E-state index contributed by atoms with van der Waals surface area (Å²) < 4.78 is 47.1. The number of primary sulfonamides is 1. The molecule has 9 heteroatoms. The zero-order chi connectivity index (χ0) is 20.2. The van der Waals surface area contributed by atoms with E-state index in [1.807, 2.05) is 32.0 Å². The van der Waals surface area contributed by atoms with Crippen LogP contribution in [0.3, 0.4) is 0 Å². The Morgan fingerprint density at radius 3 is 2.33 bits per heavy atom. The van der Waals surface area contributed by atoms with Gasteiger partial charge in [0.15, 0.2) is 9.84 Å². The SMILES string of the molecule is CCN(CCNc1ccc(S(N)(=O)=O)cc1S(C)(=O)=O)c1cccc(C)c1. The van der Waals surface area contributed by atoms with Crippen LogP contribution in [0.5, 0.6) is 0 Å². The summed E-state index contributed by atoms with van der Waals surface area (Å²) in [6.07, 6.45) is 1.03. The lowest BCUT2D eigenvalue weighted by Gasteiger charge is -2.24. The Bertz CT molecular complexity index is 1020. The summed E-state index contributed by atoms with van der Waals surface area (Å²) in [4.78, 5) is 1.84. The van der Waals surface area contributed by atoms with E-state index < -0.39 is 19.9 Å². The molecule has 0 amide bonds. The second kappa shape index (κ2) is 8.28. The Morgan fingerprint density at radius 2 is 1.78 bits per heavy atom. The average Bonchev–Trinajstić information content (AvgIpc) is 2.57. The van der Waals surface area contributed by atoms with Crippen LogP contribution in [0, 0.1) is 6.92 Å². The summed E-state index contributed by atoms with van der Waals surface area (Å²) in [6.45, 7) is 6.01. The van der Waals surface area contributed by atoms with E-state index in [0.29, 0.717) is 18.8 Å². The molecule has 0 aromatic heterocycles. The van der Waals surface area contributed by atoms with Gasteiger partial charge < -0.3 is 10.2 Å². The Kier molecular flexibility index (Phi) is 6.50. The van der Waals surface area contributed by atoms with Crippen LogP contribution in [-0.2, 0) is 19.9 Å². The first-order valence-electron chi connectivity index (χ1n) is 8.44. The molecule has 0 unspecified atom stereocenters. The fraction of sp³-hybridized carbons (Fsp3) is 0.333. The van der Waals surface area contributed by atoms with Crippen molar-refractivity contribution >= 4 is 31.2 Å². The number of benzene rings is 2. The van der Waals surface area contributed by atoms with Crippen molar-refractivity contribution in [3.05, 3.63) is 48.0 Å². The van der Waals surface area contributed by atoms with Gasteiger partial charge in [-0.2, -0.15) is 0 Å². The van der Waals surface area contributed by atoms with Gasteiger partial charge in [-0.15, -0.1) is 0 Å². The molecule has 2 aromatic rings. The molecule has 2 rings (SSSR count). The second-order valence-electron chi connectivity index (χ2n) is 6.32. The molecule has 0 atom stereocenters. The maximum absolute atomic E-state index is 12.1. The van der Waals surface area contributed by atoms with Crippen LogP contribution in [0.1, 0.15) is 12.5 Å². The van der Waals surface area contributed by atoms with Crippen molar-refractivity contribution in [1.29, 1.82) is 0 Å². The van der Waals surface area contributed by atoms with E-state index in [1.165, 1.54) is 12.1 Å². The highest BCUT2D eigenvalue weighted by molar-refractivity contribution is 7.91. The second-order valence-corrected chi connectivity index (χ2v) is 9.87. The molecule has 27 heavy (non-hydrogen) atoms. The van der Waals surface area contributed by atoms with Gasteiger partial charge in [0.05, 0.1) is 15.5 Å². The van der Waals surface area contributed by atoms with E-state index in [4.69, 9.17) is 5.14 Å². The van der Waals surface area contributed by atoms with Crippen molar-refractivity contribution in [2.45, 2.75) is 23.6 Å². The molecule has 0 aliphatic carbocycles. The average molecular weight is 412 g/mol. The fourth-order valence-corrected chi connectivity index (χ4v) is 4.25. The first-order valence-corrected chi connectivity index (χ1v) is 11.9. The smallest absolute Gasteiger partial charge is 0.238 e. The molecule has 3 N–H and O–H groups in total. The third-order valence-corrected chi connectivity index (χ3v) is 6.17. The maximum atomic E-state index is 12.1. The lowest BCUT2D eigenvalue weighted by molar-refractivity contribution is 0.597. The molecule has 0 fully saturated rings. The molecule has 0 heterocycles. The predicted molar refractivity (Wildman–Crippen MR) is 108 cm³/mol. The number of rotatable bonds is 8. The summed E-state index contributed by atoms with van der Waals surface area (Å²) >= 11 is 0. The van der Waals surface area contributed by atoms with Gasteiger partial charge in [0.25, 0.3) is 0 Å². The van der Waals surface area contributed by atoms with Crippen molar-refractivity contribution in [3.8, 4) is 0 Å². The van der Waals surface area contributed by atoms with Crippen LogP contribution in [0.25, 0.3) is 0 Å². The fourth-order valence-electron chi connectivity index (χ4n) is 2.75. The van der Waals surface area contributed by atoms with Crippen LogP contribution in [0.4, 0.5) is 11.4 Å². The number of sulfone groups is 1. The lowest BCUT2D eigenvalue weighted by atomic mass is 10.2. The van der Waals surface area contributed by atoms with Crippen LogP contribution in [0.2, 0.25) is 0 Å². The minimum absolute atomic E-state index is 0.0902. The molecule has 0 spiro atoms. The number of hydrogen-bond acceptors (Lipinski definition) is 6. The summed E-state index contributed by atoms with van der Waals surface area (Å²) in [7, 11) is -7.61. The standard InChI is InChI=1S/C18H25N3O4S2/c1-4-21(15-7-5-6-14(2)12-15)11-10-20-17-9-8-16(27(19,24)25)13-18(17)26(3,22)23/h5-9,12-13,20H,4,10-11H2,1-3H3,(H2,19,24,25). The molecular formula is C18H25N3O4S2. The molecule has 2 aromatic carbocycles. The van der Waals surface area contributed by atoms with Gasteiger partial charge in [-0.25, -0.2) is 22.0 Å². The van der Waals surface area contributed by atoms with Gasteiger partial charge in [-0.05, 0) is 49.7 Å². The number of likely N-dealkylation sites (N-methyl/N-ethyl adjacent to an activating group) is 1. The summed E-state index contributed by atoms with van der Waals surface area (Å²) in [5.41, 5.74) is 2.61. The molecule has 0 radical (unpaired) electrons. The van der Waals surface area contributed by atoms with Crippen LogP contribution in [-0.4, -0.2) is 42.7 Å². The first-order chi connectivity index (χ1) is 12.5. The molecule has 0 aliphatic rings. The molecule has 7 nitrogen and oxygen atoms in total. The van der Waals surface area contributed by atoms with Gasteiger partial charge in [0, 0.05) is 31.6 Å². The van der Waals surface area contributed by atoms with Gasteiger partial charge in [-0.3, -0.25) is 0 Å². The van der Waals surface area contributed by atoms with E-state index in [0.717, 1.165) is 30.1 Å². The molecule has 0 aliphatic heterocycles. The Hall–Kier alpha value is -2.10. The minimum Gasteiger partial charge on any atom is -0.382 e. The lowest BCUT2D eigenvalue weighted by Crippen LogP contribution is -2.29. The monoisotopic (exact) mass is 411 g/mol. The Balaban J connectivity index is 2.20. The van der Waals surface area contributed by atoms with Crippen molar-refractivity contribution in [3.63, 3.8) is 0 Å². The van der Waals surface area contributed by atoms with E-state index in [9.17, 15) is 16.8 Å². The number of nitrogens with one attached hydrogen (secondary N) is 1. The van der Waals surface area contributed by atoms with Crippen molar-refractivity contribution < 1.29 is 16.8 Å². The number of anilines is 2. The first kappa shape index (κ1) is 21.2. The number of nitrogens with two attached hydrogens (primary N) is 1. The van der Waals surface area contributed by atoms with E-state index >= 15 is 0 Å². The van der Waals surface area contributed by atoms with Gasteiger partial charge in [0.1, 0.15) is 0 Å². The molecule has 0 bridgehead atoms. The molecular weight excluding hydrogens is 386 g/mol. The van der Waals surface area contributed by atoms with Crippen molar-refractivity contribution in [2.75, 3.05) is 36.1 Å². The summed E-state index contributed by atoms with van der Waals surface area (Å²) in [5, 5.41) is 8.19. The predicted octanol–water partition coefficient (Wildman–Crippen LogP) is 1.98. The number of nitrogens with zero attached hydrogens (tertiary/aromatic N) is 1. The Labute approximate surface area is 161 Å². The zero-order valence-electron chi connectivity index (χ0n) is 15.6.